The Morgan fingerprint density at radius 3 is 2.67 bits per heavy atom. The van der Waals surface area contributed by atoms with Crippen molar-refractivity contribution in [2.45, 2.75) is 46.0 Å². The molecule has 3 nitrogen and oxygen atoms in total. The number of rotatable bonds is 3. The van der Waals surface area contributed by atoms with Crippen molar-refractivity contribution in [2.24, 2.45) is 5.92 Å². The minimum absolute atomic E-state index is 0.145. The molecule has 0 unspecified atom stereocenters. The molecule has 124 valence electrons. The van der Waals surface area contributed by atoms with E-state index in [2.05, 4.69) is 32.2 Å². The van der Waals surface area contributed by atoms with E-state index in [1.807, 2.05) is 24.3 Å². The summed E-state index contributed by atoms with van der Waals surface area (Å²) in [5.74, 6) is 0.946. The number of nitrogens with zero attached hydrogens (tertiary/aromatic N) is 1. The van der Waals surface area contributed by atoms with E-state index >= 15 is 0 Å². The maximum absolute atomic E-state index is 12.5. The summed E-state index contributed by atoms with van der Waals surface area (Å²) in [6.45, 7) is 6.50. The molecule has 24 heavy (non-hydrogen) atoms. The Bertz CT molecular complexity index is 796. The number of carbonyl (C=O) groups excluding carboxylic acids is 1. The van der Waals surface area contributed by atoms with Crippen LogP contribution < -0.4 is 5.32 Å². The highest BCUT2D eigenvalue weighted by molar-refractivity contribution is 7.16. The molecule has 0 spiro atoms. The van der Waals surface area contributed by atoms with Gasteiger partial charge in [-0.2, -0.15) is 5.26 Å². The lowest BCUT2D eigenvalue weighted by atomic mass is 9.88. The Morgan fingerprint density at radius 1 is 1.33 bits per heavy atom. The molecular formula is C20H22N2OS. The fourth-order valence-corrected chi connectivity index (χ4v) is 4.51. The summed E-state index contributed by atoms with van der Waals surface area (Å²) in [7, 11) is 0. The number of hydrogen-bond donors (Lipinski definition) is 1. The second-order valence-corrected chi connectivity index (χ2v) is 8.00. The fourth-order valence-electron chi connectivity index (χ4n) is 3.15. The first-order valence-electron chi connectivity index (χ1n) is 8.45. The average Bonchev–Trinajstić information content (AvgIpc) is 2.90. The van der Waals surface area contributed by atoms with Crippen LogP contribution in [-0.2, 0) is 12.8 Å². The zero-order valence-electron chi connectivity index (χ0n) is 14.3. The number of hydrogen-bond acceptors (Lipinski definition) is 3. The quantitative estimate of drug-likeness (QED) is 0.844. The summed E-state index contributed by atoms with van der Waals surface area (Å²) in [6.07, 6.45) is 3.06. The van der Waals surface area contributed by atoms with Crippen LogP contribution in [0.2, 0.25) is 0 Å². The van der Waals surface area contributed by atoms with Crippen LogP contribution in [0.5, 0.6) is 0 Å². The molecule has 1 amide bonds. The standard InChI is InChI=1S/C20H22N2OS/c1-12(2)14-5-7-15(8-6-14)19(23)22-20-17(11-21)16-9-4-13(3)10-18(16)24-20/h5-8,12-13H,4,9-10H2,1-3H3,(H,22,23)/t13-/m1/s1. The average molecular weight is 338 g/mol. The van der Waals surface area contributed by atoms with Gasteiger partial charge in [-0.15, -0.1) is 11.3 Å². The van der Waals surface area contributed by atoms with Gasteiger partial charge in [0, 0.05) is 10.4 Å². The maximum Gasteiger partial charge on any atom is 0.256 e. The molecule has 0 aliphatic heterocycles. The van der Waals surface area contributed by atoms with Crippen LogP contribution in [0.3, 0.4) is 0 Å². The summed E-state index contributed by atoms with van der Waals surface area (Å²) in [4.78, 5) is 13.8. The van der Waals surface area contributed by atoms with Crippen molar-refractivity contribution in [1.29, 1.82) is 5.26 Å². The van der Waals surface area contributed by atoms with Crippen LogP contribution in [-0.4, -0.2) is 5.91 Å². The molecule has 1 atom stereocenters. The highest BCUT2D eigenvalue weighted by Gasteiger charge is 2.24. The molecule has 4 heteroatoms. The first-order chi connectivity index (χ1) is 11.5. The monoisotopic (exact) mass is 338 g/mol. The minimum Gasteiger partial charge on any atom is -0.312 e. The number of carbonyl (C=O) groups is 1. The first-order valence-corrected chi connectivity index (χ1v) is 9.27. The Labute approximate surface area is 147 Å². The van der Waals surface area contributed by atoms with Gasteiger partial charge in [0.15, 0.2) is 0 Å². The van der Waals surface area contributed by atoms with E-state index in [1.165, 1.54) is 10.4 Å². The van der Waals surface area contributed by atoms with E-state index in [4.69, 9.17) is 0 Å². The third-order valence-electron chi connectivity index (χ3n) is 4.69. The van der Waals surface area contributed by atoms with Crippen LogP contribution in [0, 0.1) is 17.2 Å². The van der Waals surface area contributed by atoms with Crippen molar-refractivity contribution in [2.75, 3.05) is 5.32 Å². The van der Waals surface area contributed by atoms with Crippen molar-refractivity contribution < 1.29 is 4.79 Å². The van der Waals surface area contributed by atoms with Gasteiger partial charge in [0.1, 0.15) is 11.1 Å². The molecule has 1 aromatic carbocycles. The van der Waals surface area contributed by atoms with Crippen molar-refractivity contribution in [3.8, 4) is 6.07 Å². The van der Waals surface area contributed by atoms with Gasteiger partial charge in [0.2, 0.25) is 0 Å². The third-order valence-corrected chi connectivity index (χ3v) is 5.86. The summed E-state index contributed by atoms with van der Waals surface area (Å²) < 4.78 is 0. The van der Waals surface area contributed by atoms with Crippen LogP contribution in [0.1, 0.15) is 65.0 Å². The Hall–Kier alpha value is -2.12. The molecule has 1 aromatic heterocycles. The SMILES string of the molecule is CC(C)c1ccc(C(=O)Nc2sc3c(c2C#N)CC[C@@H](C)C3)cc1. The number of nitriles is 1. The zero-order valence-corrected chi connectivity index (χ0v) is 15.2. The van der Waals surface area contributed by atoms with Gasteiger partial charge in [0.05, 0.1) is 5.56 Å². The molecule has 0 saturated heterocycles. The Balaban J connectivity index is 1.83. The second kappa shape index (κ2) is 6.78. The molecule has 0 bridgehead atoms. The van der Waals surface area contributed by atoms with Gasteiger partial charge >= 0.3 is 0 Å². The largest absolute Gasteiger partial charge is 0.312 e. The van der Waals surface area contributed by atoms with Gasteiger partial charge in [-0.25, -0.2) is 0 Å². The van der Waals surface area contributed by atoms with E-state index in [1.54, 1.807) is 11.3 Å². The van der Waals surface area contributed by atoms with Gasteiger partial charge in [-0.1, -0.05) is 32.9 Å². The lowest BCUT2D eigenvalue weighted by Crippen LogP contribution is -2.12. The lowest BCUT2D eigenvalue weighted by molar-refractivity contribution is 0.102. The second-order valence-electron chi connectivity index (χ2n) is 6.90. The smallest absolute Gasteiger partial charge is 0.256 e. The van der Waals surface area contributed by atoms with E-state index in [-0.39, 0.29) is 5.91 Å². The molecule has 1 heterocycles. The predicted octanol–water partition coefficient (Wildman–Crippen LogP) is 5.12. The van der Waals surface area contributed by atoms with Crippen LogP contribution in [0.25, 0.3) is 0 Å². The van der Waals surface area contributed by atoms with Gasteiger partial charge < -0.3 is 5.32 Å². The maximum atomic E-state index is 12.5. The molecular weight excluding hydrogens is 316 g/mol. The summed E-state index contributed by atoms with van der Waals surface area (Å²) in [6, 6.07) is 9.99. The summed E-state index contributed by atoms with van der Waals surface area (Å²) in [5.41, 5.74) is 3.65. The van der Waals surface area contributed by atoms with Crippen molar-refractivity contribution in [1.82, 2.24) is 0 Å². The summed E-state index contributed by atoms with van der Waals surface area (Å²) >= 11 is 1.57. The van der Waals surface area contributed by atoms with Crippen molar-refractivity contribution in [3.05, 3.63) is 51.4 Å². The number of thiophene rings is 1. The minimum atomic E-state index is -0.145. The Morgan fingerprint density at radius 2 is 2.04 bits per heavy atom. The summed E-state index contributed by atoms with van der Waals surface area (Å²) in [5, 5.41) is 13.2. The van der Waals surface area contributed by atoms with E-state index in [9.17, 15) is 10.1 Å². The van der Waals surface area contributed by atoms with Gasteiger partial charge in [-0.3, -0.25) is 4.79 Å². The number of amides is 1. The molecule has 0 fully saturated rings. The highest BCUT2D eigenvalue weighted by Crippen LogP contribution is 2.39. The van der Waals surface area contributed by atoms with Crippen LogP contribution in [0.4, 0.5) is 5.00 Å². The number of benzene rings is 1. The first kappa shape index (κ1) is 16.7. The van der Waals surface area contributed by atoms with Crippen molar-refractivity contribution >= 4 is 22.2 Å². The van der Waals surface area contributed by atoms with Crippen molar-refractivity contribution in [3.63, 3.8) is 0 Å². The highest BCUT2D eigenvalue weighted by atomic mass is 32.1. The normalized spacial score (nSPS) is 16.5. The number of anilines is 1. The number of fused-ring (bicyclic) bond motifs is 1. The van der Waals surface area contributed by atoms with E-state index in [0.29, 0.717) is 28.0 Å². The van der Waals surface area contributed by atoms with Crippen LogP contribution in [0.15, 0.2) is 24.3 Å². The molecule has 1 aliphatic carbocycles. The molecule has 0 saturated carbocycles. The number of nitrogens with one attached hydrogen (secondary N) is 1. The molecule has 1 aliphatic rings. The van der Waals surface area contributed by atoms with E-state index in [0.717, 1.165) is 24.8 Å². The molecule has 2 aromatic rings. The zero-order chi connectivity index (χ0) is 17.3. The fraction of sp³-hybridized carbons (Fsp3) is 0.400. The third kappa shape index (κ3) is 3.22. The molecule has 1 N–H and O–H groups in total. The van der Waals surface area contributed by atoms with Gasteiger partial charge in [-0.05, 0) is 54.4 Å². The van der Waals surface area contributed by atoms with Gasteiger partial charge in [0.25, 0.3) is 5.91 Å². The molecule has 3 rings (SSSR count). The predicted molar refractivity (Wildman–Crippen MR) is 98.7 cm³/mol. The molecule has 0 radical (unpaired) electrons. The Kier molecular flexibility index (Phi) is 4.73. The topological polar surface area (TPSA) is 52.9 Å². The lowest BCUT2D eigenvalue weighted by Gasteiger charge is -2.17. The van der Waals surface area contributed by atoms with Crippen LogP contribution >= 0.6 is 11.3 Å². The van der Waals surface area contributed by atoms with E-state index < -0.39 is 0 Å².